The molecule has 0 aliphatic heterocycles. The van der Waals surface area contributed by atoms with E-state index in [1.54, 1.807) is 36.4 Å². The molecule has 2 aromatic rings. The van der Waals surface area contributed by atoms with E-state index in [-0.39, 0.29) is 5.56 Å². The maximum absolute atomic E-state index is 13.0. The summed E-state index contributed by atoms with van der Waals surface area (Å²) in [7, 11) is 0. The molecule has 0 N–H and O–H groups in total. The number of ketones is 1. The zero-order chi connectivity index (χ0) is 11.8. The molecule has 2 rings (SSSR count). The topological polar surface area (TPSA) is 17.1 Å². The predicted octanol–water partition coefficient (Wildman–Crippen LogP) is 4.05. The second-order valence-electron chi connectivity index (χ2n) is 3.35. The Morgan fingerprint density at radius 2 is 1.69 bits per heavy atom. The molecule has 16 heavy (non-hydrogen) atoms. The van der Waals surface area contributed by atoms with Crippen molar-refractivity contribution in [2.24, 2.45) is 0 Å². The van der Waals surface area contributed by atoms with E-state index in [4.69, 9.17) is 0 Å². The van der Waals surface area contributed by atoms with Gasteiger partial charge in [-0.3, -0.25) is 4.79 Å². The number of carbonyl (C=O) groups is 1. The summed E-state index contributed by atoms with van der Waals surface area (Å²) in [4.78, 5) is 11.5. The van der Waals surface area contributed by atoms with E-state index >= 15 is 0 Å². The van der Waals surface area contributed by atoms with Crippen LogP contribution in [0.1, 0.15) is 10.4 Å². The maximum Gasteiger partial charge on any atom is 0.357 e. The van der Waals surface area contributed by atoms with Crippen molar-refractivity contribution in [2.75, 3.05) is 0 Å². The van der Waals surface area contributed by atoms with Crippen LogP contribution in [-0.4, -0.2) is 9.71 Å². The molecule has 0 amide bonds. The van der Waals surface area contributed by atoms with Crippen LogP contribution in [0.25, 0.3) is 10.8 Å². The van der Waals surface area contributed by atoms with Crippen molar-refractivity contribution in [2.45, 2.75) is 3.93 Å². The van der Waals surface area contributed by atoms with E-state index in [0.717, 1.165) is 28.0 Å². The van der Waals surface area contributed by atoms with Crippen LogP contribution in [0.2, 0.25) is 0 Å². The van der Waals surface area contributed by atoms with Crippen LogP contribution in [-0.2, 0) is 0 Å². The monoisotopic (exact) mass is 332 g/mol. The highest BCUT2D eigenvalue weighted by Crippen LogP contribution is 2.30. The van der Waals surface area contributed by atoms with Crippen molar-refractivity contribution in [3.8, 4) is 0 Å². The summed E-state index contributed by atoms with van der Waals surface area (Å²) in [5.41, 5.74) is 0.0671. The predicted molar refractivity (Wildman–Crippen MR) is 67.2 cm³/mol. The minimum absolute atomic E-state index is 0.0671. The van der Waals surface area contributed by atoms with Crippen LogP contribution in [0.15, 0.2) is 42.5 Å². The van der Waals surface area contributed by atoms with Crippen molar-refractivity contribution in [3.63, 3.8) is 0 Å². The molecule has 0 bridgehead atoms. The Labute approximate surface area is 105 Å². The van der Waals surface area contributed by atoms with E-state index in [9.17, 15) is 13.6 Å². The average molecular weight is 332 g/mol. The van der Waals surface area contributed by atoms with E-state index < -0.39 is 9.71 Å². The standard InChI is InChI=1S/C12H7F2IO/c13-12(14,15)11(16)10-7-3-5-8-4-1-2-6-9(8)10/h1-7H. The molecule has 0 aromatic heterocycles. The lowest BCUT2D eigenvalue weighted by Crippen LogP contribution is -2.20. The van der Waals surface area contributed by atoms with Crippen LogP contribution >= 0.6 is 22.6 Å². The molecule has 0 fully saturated rings. The summed E-state index contributed by atoms with van der Waals surface area (Å²) in [5, 5.41) is 1.35. The number of fused-ring (bicyclic) bond motifs is 1. The highest BCUT2D eigenvalue weighted by molar-refractivity contribution is 14.1. The van der Waals surface area contributed by atoms with Gasteiger partial charge in [0.05, 0.1) is 0 Å². The van der Waals surface area contributed by atoms with Crippen molar-refractivity contribution < 1.29 is 13.6 Å². The van der Waals surface area contributed by atoms with Gasteiger partial charge < -0.3 is 0 Å². The normalized spacial score (nSPS) is 11.7. The zero-order valence-corrected chi connectivity index (χ0v) is 10.2. The van der Waals surface area contributed by atoms with Gasteiger partial charge in [-0.2, -0.15) is 8.78 Å². The molecular formula is C12H7F2IO. The minimum atomic E-state index is -3.36. The molecule has 0 unspecified atom stereocenters. The Morgan fingerprint density at radius 1 is 1.06 bits per heavy atom. The van der Waals surface area contributed by atoms with Crippen LogP contribution in [0, 0.1) is 0 Å². The van der Waals surface area contributed by atoms with Crippen LogP contribution in [0.5, 0.6) is 0 Å². The lowest BCUT2D eigenvalue weighted by atomic mass is 10.0. The van der Waals surface area contributed by atoms with E-state index in [0.29, 0.717) is 5.39 Å². The molecule has 0 radical (unpaired) electrons. The maximum atomic E-state index is 13.0. The summed E-state index contributed by atoms with van der Waals surface area (Å²) >= 11 is 0.856. The molecule has 2 aromatic carbocycles. The summed E-state index contributed by atoms with van der Waals surface area (Å²) in [5.74, 6) is -1.15. The number of benzene rings is 2. The number of rotatable bonds is 2. The van der Waals surface area contributed by atoms with Crippen molar-refractivity contribution in [1.29, 1.82) is 0 Å². The Morgan fingerprint density at radius 3 is 2.38 bits per heavy atom. The largest absolute Gasteiger partial charge is 0.357 e. The highest BCUT2D eigenvalue weighted by atomic mass is 127. The number of Topliss-reactive ketones (excluding diaryl/α,β-unsaturated/α-hetero) is 1. The van der Waals surface area contributed by atoms with E-state index in [1.165, 1.54) is 6.07 Å². The van der Waals surface area contributed by atoms with Gasteiger partial charge in [0.25, 0.3) is 0 Å². The highest BCUT2D eigenvalue weighted by Gasteiger charge is 2.36. The fourth-order valence-electron chi connectivity index (χ4n) is 1.58. The van der Waals surface area contributed by atoms with Gasteiger partial charge in [0.1, 0.15) is 0 Å². The van der Waals surface area contributed by atoms with E-state index in [2.05, 4.69) is 0 Å². The Hall–Kier alpha value is -1.04. The SMILES string of the molecule is O=C(c1cccc2ccccc12)C(F)(F)I. The van der Waals surface area contributed by atoms with Gasteiger partial charge in [0.15, 0.2) is 0 Å². The van der Waals surface area contributed by atoms with Crippen LogP contribution in [0.3, 0.4) is 0 Å². The summed E-state index contributed by atoms with van der Waals surface area (Å²) in [6, 6.07) is 11.8. The second-order valence-corrected chi connectivity index (χ2v) is 4.71. The number of halogens is 3. The summed E-state index contributed by atoms with van der Waals surface area (Å²) in [6.07, 6.45) is 0. The zero-order valence-electron chi connectivity index (χ0n) is 8.08. The quantitative estimate of drug-likeness (QED) is 0.461. The fraction of sp³-hybridized carbons (Fsp3) is 0.0833. The lowest BCUT2D eigenvalue weighted by Gasteiger charge is -2.09. The third-order valence-electron chi connectivity index (χ3n) is 2.29. The van der Waals surface area contributed by atoms with Crippen LogP contribution in [0.4, 0.5) is 8.78 Å². The number of hydrogen-bond donors (Lipinski definition) is 0. The third-order valence-corrected chi connectivity index (χ3v) is 2.78. The molecule has 0 saturated heterocycles. The third kappa shape index (κ3) is 2.07. The first-order valence-electron chi connectivity index (χ1n) is 4.59. The number of hydrogen-bond acceptors (Lipinski definition) is 1. The van der Waals surface area contributed by atoms with Gasteiger partial charge in [-0.05, 0) is 10.8 Å². The molecule has 82 valence electrons. The lowest BCUT2D eigenvalue weighted by molar-refractivity contribution is 0.0629. The molecule has 0 atom stereocenters. The average Bonchev–Trinajstić information content (AvgIpc) is 2.26. The van der Waals surface area contributed by atoms with Gasteiger partial charge >= 0.3 is 3.93 Å². The molecule has 0 aliphatic carbocycles. The number of carbonyl (C=O) groups excluding carboxylic acids is 1. The first kappa shape index (κ1) is 11.4. The van der Waals surface area contributed by atoms with Gasteiger partial charge in [-0.1, -0.05) is 42.5 Å². The number of alkyl halides is 3. The van der Waals surface area contributed by atoms with Gasteiger partial charge in [-0.25, -0.2) is 0 Å². The van der Waals surface area contributed by atoms with Gasteiger partial charge in [-0.15, -0.1) is 0 Å². The van der Waals surface area contributed by atoms with Gasteiger partial charge in [0.2, 0.25) is 5.78 Å². The Bertz CT molecular complexity index is 541. The molecular weight excluding hydrogens is 325 g/mol. The fourth-order valence-corrected chi connectivity index (χ4v) is 1.87. The molecule has 0 heterocycles. The van der Waals surface area contributed by atoms with Gasteiger partial charge in [0, 0.05) is 28.2 Å². The first-order valence-corrected chi connectivity index (χ1v) is 5.67. The van der Waals surface area contributed by atoms with Crippen molar-refractivity contribution in [1.82, 2.24) is 0 Å². The van der Waals surface area contributed by atoms with Crippen molar-refractivity contribution >= 4 is 39.1 Å². The smallest absolute Gasteiger partial charge is 0.286 e. The Balaban J connectivity index is 2.66. The minimum Gasteiger partial charge on any atom is -0.286 e. The summed E-state index contributed by atoms with van der Waals surface area (Å²) in [6.45, 7) is 0. The molecule has 0 saturated carbocycles. The molecule has 0 aliphatic rings. The summed E-state index contributed by atoms with van der Waals surface area (Å²) < 4.78 is 22.6. The molecule has 4 heteroatoms. The first-order chi connectivity index (χ1) is 7.50. The second kappa shape index (κ2) is 4.08. The molecule has 1 nitrogen and oxygen atoms in total. The van der Waals surface area contributed by atoms with Crippen LogP contribution < -0.4 is 0 Å². The Kier molecular flexibility index (Phi) is 2.92. The molecule has 0 spiro atoms. The van der Waals surface area contributed by atoms with Crippen molar-refractivity contribution in [3.05, 3.63) is 48.0 Å². The van der Waals surface area contributed by atoms with E-state index in [1.807, 2.05) is 0 Å².